The number of amides is 1. The molecule has 1 amide bonds. The molecular formula is C34H60NO4P. The van der Waals surface area contributed by atoms with E-state index in [4.69, 9.17) is 9.42 Å². The monoisotopic (exact) mass is 577 g/mol. The van der Waals surface area contributed by atoms with Crippen LogP contribution in [-0.2, 0) is 13.9 Å². The average Bonchev–Trinajstić information content (AvgIpc) is 2.86. The first-order valence-corrected chi connectivity index (χ1v) is 17.4. The minimum absolute atomic E-state index is 0.105. The number of hydrogen-bond donors (Lipinski definition) is 2. The highest BCUT2D eigenvalue weighted by molar-refractivity contribution is 7.51. The zero-order valence-corrected chi connectivity index (χ0v) is 27.7. The summed E-state index contributed by atoms with van der Waals surface area (Å²) in [5, 5.41) is 2.99. The summed E-state index contributed by atoms with van der Waals surface area (Å²) < 4.78 is 15.9. The normalized spacial score (nSPS) is 14.7. The highest BCUT2D eigenvalue weighted by atomic mass is 31.2. The summed E-state index contributed by atoms with van der Waals surface area (Å²) >= 11 is 0. The maximum absolute atomic E-state index is 12.1. The fourth-order valence-electron chi connectivity index (χ4n) is 4.19. The predicted molar refractivity (Wildman–Crippen MR) is 174 cm³/mol. The molecular weight excluding hydrogens is 517 g/mol. The second-order valence-electron chi connectivity index (χ2n) is 11.6. The van der Waals surface area contributed by atoms with Crippen molar-refractivity contribution < 1.29 is 18.8 Å². The van der Waals surface area contributed by atoms with E-state index >= 15 is 0 Å². The van der Waals surface area contributed by atoms with Crippen LogP contribution in [-0.4, -0.2) is 30.6 Å². The van der Waals surface area contributed by atoms with Gasteiger partial charge in [0, 0.05) is 19.6 Å². The molecule has 0 fully saturated rings. The van der Waals surface area contributed by atoms with Crippen molar-refractivity contribution in [3.63, 3.8) is 0 Å². The Labute approximate surface area is 246 Å². The number of hydrogen-bond acceptors (Lipinski definition) is 3. The highest BCUT2D eigenvalue weighted by Gasteiger charge is 2.08. The molecule has 0 aromatic carbocycles. The molecule has 230 valence electrons. The van der Waals surface area contributed by atoms with Gasteiger partial charge in [-0.2, -0.15) is 0 Å². The van der Waals surface area contributed by atoms with Gasteiger partial charge in [0.2, 0.25) is 5.91 Å². The molecule has 0 bridgehead atoms. The van der Waals surface area contributed by atoms with Crippen molar-refractivity contribution in [1.29, 1.82) is 0 Å². The van der Waals surface area contributed by atoms with Gasteiger partial charge in [0.05, 0.1) is 6.61 Å². The molecule has 0 aliphatic heterocycles. The van der Waals surface area contributed by atoms with Crippen molar-refractivity contribution in [2.24, 2.45) is 0 Å². The fraction of sp³-hybridized carbons (Fsp3) is 0.676. The largest absolute Gasteiger partial charge is 0.356 e. The van der Waals surface area contributed by atoms with Crippen LogP contribution >= 0.6 is 7.60 Å². The topological polar surface area (TPSA) is 75.6 Å². The third-order valence-electron chi connectivity index (χ3n) is 6.78. The minimum atomic E-state index is -3.36. The molecule has 0 aromatic heterocycles. The van der Waals surface area contributed by atoms with E-state index in [0.29, 0.717) is 19.6 Å². The molecule has 5 nitrogen and oxygen atoms in total. The van der Waals surface area contributed by atoms with Gasteiger partial charge in [0.1, 0.15) is 0 Å². The van der Waals surface area contributed by atoms with E-state index in [1.165, 1.54) is 41.0 Å². The van der Waals surface area contributed by atoms with Gasteiger partial charge in [-0.1, -0.05) is 71.1 Å². The van der Waals surface area contributed by atoms with Crippen molar-refractivity contribution in [2.75, 3.05) is 19.8 Å². The van der Waals surface area contributed by atoms with E-state index in [9.17, 15) is 9.36 Å². The fourth-order valence-corrected chi connectivity index (χ4v) is 4.66. The molecule has 1 unspecified atom stereocenters. The van der Waals surface area contributed by atoms with Gasteiger partial charge in [-0.3, -0.25) is 9.36 Å². The summed E-state index contributed by atoms with van der Waals surface area (Å²) in [4.78, 5) is 21.1. The molecule has 40 heavy (non-hydrogen) atoms. The maximum Gasteiger partial charge on any atom is 0.325 e. The van der Waals surface area contributed by atoms with Gasteiger partial charge in [-0.15, -0.1) is 0 Å². The van der Waals surface area contributed by atoms with Crippen LogP contribution in [0.1, 0.15) is 131 Å². The zero-order chi connectivity index (χ0) is 30.2. The van der Waals surface area contributed by atoms with Crippen molar-refractivity contribution >= 4 is 13.5 Å². The summed E-state index contributed by atoms with van der Waals surface area (Å²) in [5.74, 6) is 0.105. The van der Waals surface area contributed by atoms with Crippen LogP contribution in [0.2, 0.25) is 0 Å². The van der Waals surface area contributed by atoms with E-state index in [-0.39, 0.29) is 5.91 Å². The first-order chi connectivity index (χ1) is 18.9. The van der Waals surface area contributed by atoms with E-state index in [1.807, 2.05) is 0 Å². The van der Waals surface area contributed by atoms with Crippen molar-refractivity contribution in [1.82, 2.24) is 5.32 Å². The molecule has 6 heteroatoms. The van der Waals surface area contributed by atoms with Gasteiger partial charge >= 0.3 is 7.60 Å². The van der Waals surface area contributed by atoms with Gasteiger partial charge in [0.15, 0.2) is 0 Å². The van der Waals surface area contributed by atoms with Crippen LogP contribution in [0.3, 0.4) is 0 Å². The lowest BCUT2D eigenvalue weighted by Crippen LogP contribution is -2.24. The molecule has 0 heterocycles. The van der Waals surface area contributed by atoms with Crippen LogP contribution in [0.25, 0.3) is 0 Å². The first kappa shape index (κ1) is 38.3. The summed E-state index contributed by atoms with van der Waals surface area (Å²) in [5.41, 5.74) is 7.11. The SMILES string of the molecule is CC(C)=CCC/C(C)=C/CC/C(C)=C/CC/C=C(\C)CC/C=C(\C)CCC(=O)NCCCCCCOP(C)(=O)O. The third-order valence-corrected chi connectivity index (χ3v) is 7.44. The Morgan fingerprint density at radius 2 is 1.10 bits per heavy atom. The second kappa shape index (κ2) is 24.0. The minimum Gasteiger partial charge on any atom is -0.356 e. The molecule has 0 saturated carbocycles. The molecule has 0 aromatic rings. The Kier molecular flexibility index (Phi) is 23.0. The van der Waals surface area contributed by atoms with Crippen LogP contribution in [0, 0.1) is 0 Å². The molecule has 1 atom stereocenters. The van der Waals surface area contributed by atoms with Crippen molar-refractivity contribution in [3.05, 3.63) is 58.2 Å². The van der Waals surface area contributed by atoms with Crippen LogP contribution in [0.15, 0.2) is 58.2 Å². The number of allylic oxidation sites excluding steroid dienone is 10. The van der Waals surface area contributed by atoms with Crippen LogP contribution in [0.4, 0.5) is 0 Å². The second-order valence-corrected chi connectivity index (χ2v) is 13.4. The Morgan fingerprint density at radius 1 is 0.650 bits per heavy atom. The number of unbranched alkanes of at least 4 members (excludes halogenated alkanes) is 4. The Balaban J connectivity index is 3.95. The van der Waals surface area contributed by atoms with Gasteiger partial charge in [0.25, 0.3) is 0 Å². The molecule has 2 N–H and O–H groups in total. The predicted octanol–water partition coefficient (Wildman–Crippen LogP) is 10.1. The van der Waals surface area contributed by atoms with E-state index in [1.54, 1.807) is 0 Å². The van der Waals surface area contributed by atoms with Crippen molar-refractivity contribution in [2.45, 2.75) is 131 Å². The van der Waals surface area contributed by atoms with E-state index < -0.39 is 7.60 Å². The molecule has 0 spiro atoms. The van der Waals surface area contributed by atoms with Gasteiger partial charge in [-0.25, -0.2) is 0 Å². The molecule has 0 aliphatic rings. The lowest BCUT2D eigenvalue weighted by molar-refractivity contribution is -0.121. The van der Waals surface area contributed by atoms with E-state index in [2.05, 4.69) is 77.2 Å². The zero-order valence-electron chi connectivity index (χ0n) is 26.8. The molecule has 0 aliphatic carbocycles. The molecule has 0 rings (SSSR count). The summed E-state index contributed by atoms with van der Waals surface area (Å²) in [6, 6.07) is 0. The maximum atomic E-state index is 12.1. The standard InChI is InChI=1S/C34H60NO4P/c1-29(2)17-14-20-32(5)23-15-21-30(3)18-10-11-19-31(4)22-16-24-33(6)25-26-34(36)35-27-12-8-9-13-28-39-40(7,37)38/h17-19,23-24H,8-16,20-22,25-28H2,1-7H3,(H,35,36)(H,37,38)/b30-18+,31-19+,32-23+,33-24+. The lowest BCUT2D eigenvalue weighted by Gasteiger charge is -2.07. The molecule has 0 saturated heterocycles. The number of carbonyl (C=O) groups excluding carboxylic acids is 1. The highest BCUT2D eigenvalue weighted by Crippen LogP contribution is 2.36. The molecule has 0 radical (unpaired) electrons. The smallest absolute Gasteiger partial charge is 0.325 e. The Morgan fingerprint density at radius 3 is 1.60 bits per heavy atom. The van der Waals surface area contributed by atoms with Gasteiger partial charge in [-0.05, 0) is 112 Å². The quantitative estimate of drug-likeness (QED) is 0.0720. The van der Waals surface area contributed by atoms with Gasteiger partial charge < -0.3 is 14.7 Å². The van der Waals surface area contributed by atoms with Crippen LogP contribution < -0.4 is 5.32 Å². The average molecular weight is 578 g/mol. The third kappa shape index (κ3) is 27.9. The number of carbonyl (C=O) groups is 1. The Bertz CT molecular complexity index is 901. The number of rotatable bonds is 23. The van der Waals surface area contributed by atoms with E-state index in [0.717, 1.165) is 77.0 Å². The summed E-state index contributed by atoms with van der Waals surface area (Å²) in [7, 11) is -3.36. The number of nitrogens with one attached hydrogen (secondary N) is 1. The Hall–Kier alpha value is -1.68. The summed E-state index contributed by atoms with van der Waals surface area (Å²) in [6.07, 6.45) is 25.6. The van der Waals surface area contributed by atoms with Crippen molar-refractivity contribution in [3.8, 4) is 0 Å². The lowest BCUT2D eigenvalue weighted by atomic mass is 10.0. The van der Waals surface area contributed by atoms with Crippen LogP contribution in [0.5, 0.6) is 0 Å². The first-order valence-electron chi connectivity index (χ1n) is 15.4. The summed E-state index contributed by atoms with van der Waals surface area (Å²) in [6.45, 7) is 15.4.